The monoisotopic (exact) mass is 301 g/mol. The second kappa shape index (κ2) is 5.81. The van der Waals surface area contributed by atoms with E-state index in [2.05, 4.69) is 4.98 Å². The summed E-state index contributed by atoms with van der Waals surface area (Å²) in [5.74, 6) is 0. The van der Waals surface area contributed by atoms with Crippen molar-refractivity contribution in [2.75, 3.05) is 0 Å². The Morgan fingerprint density at radius 3 is 2.55 bits per heavy atom. The molecule has 0 radical (unpaired) electrons. The lowest BCUT2D eigenvalue weighted by Gasteiger charge is -2.13. The molecule has 6 heteroatoms. The molecule has 20 heavy (non-hydrogen) atoms. The highest BCUT2D eigenvalue weighted by atomic mass is 35.5. The SMILES string of the molecule is OC(Cc1cccc(C(F)(F)F)c1)c1ccc(Cl)nc1. The van der Waals surface area contributed by atoms with Crippen LogP contribution in [0.3, 0.4) is 0 Å². The Hall–Kier alpha value is -1.59. The Kier molecular flexibility index (Phi) is 4.30. The number of rotatable bonds is 3. The van der Waals surface area contributed by atoms with Crippen LogP contribution in [-0.2, 0) is 12.6 Å². The number of alkyl halides is 3. The number of aromatic nitrogens is 1. The molecule has 0 spiro atoms. The van der Waals surface area contributed by atoms with Gasteiger partial charge in [0.05, 0.1) is 11.7 Å². The molecule has 0 fully saturated rings. The van der Waals surface area contributed by atoms with E-state index in [4.69, 9.17) is 11.6 Å². The van der Waals surface area contributed by atoms with Crippen molar-refractivity contribution in [3.63, 3.8) is 0 Å². The van der Waals surface area contributed by atoms with E-state index >= 15 is 0 Å². The third kappa shape index (κ3) is 3.71. The molecule has 1 heterocycles. The third-order valence-corrected chi connectivity index (χ3v) is 3.04. The van der Waals surface area contributed by atoms with Gasteiger partial charge in [-0.2, -0.15) is 13.2 Å². The minimum absolute atomic E-state index is 0.0766. The quantitative estimate of drug-likeness (QED) is 0.868. The molecule has 0 aliphatic heterocycles. The Bertz CT molecular complexity index is 584. The van der Waals surface area contributed by atoms with Gasteiger partial charge in [0, 0.05) is 12.6 Å². The number of benzene rings is 1. The maximum Gasteiger partial charge on any atom is 0.416 e. The van der Waals surface area contributed by atoms with Gasteiger partial charge in [-0.3, -0.25) is 0 Å². The van der Waals surface area contributed by atoms with E-state index in [1.54, 1.807) is 12.1 Å². The number of hydrogen-bond acceptors (Lipinski definition) is 2. The van der Waals surface area contributed by atoms with Crippen LogP contribution in [0.5, 0.6) is 0 Å². The summed E-state index contributed by atoms with van der Waals surface area (Å²) in [6, 6.07) is 8.01. The number of hydrogen-bond donors (Lipinski definition) is 1. The maximum absolute atomic E-state index is 12.6. The summed E-state index contributed by atoms with van der Waals surface area (Å²) in [6.07, 6.45) is -3.83. The summed E-state index contributed by atoms with van der Waals surface area (Å²) in [5.41, 5.74) is 0.186. The van der Waals surface area contributed by atoms with Crippen LogP contribution < -0.4 is 0 Å². The third-order valence-electron chi connectivity index (χ3n) is 2.82. The van der Waals surface area contributed by atoms with Gasteiger partial charge in [0.2, 0.25) is 0 Å². The number of halogens is 4. The molecular weight excluding hydrogens is 291 g/mol. The summed E-state index contributed by atoms with van der Waals surface area (Å²) in [4.78, 5) is 3.82. The lowest BCUT2D eigenvalue weighted by atomic mass is 10.0. The van der Waals surface area contributed by atoms with E-state index < -0.39 is 17.8 Å². The first-order valence-corrected chi connectivity index (χ1v) is 6.20. The summed E-state index contributed by atoms with van der Waals surface area (Å²) in [7, 11) is 0. The fourth-order valence-corrected chi connectivity index (χ4v) is 1.91. The smallest absolute Gasteiger partial charge is 0.388 e. The second-order valence-corrected chi connectivity index (χ2v) is 4.72. The molecule has 0 saturated carbocycles. The molecule has 0 saturated heterocycles. The van der Waals surface area contributed by atoms with Crippen molar-refractivity contribution >= 4 is 11.6 Å². The van der Waals surface area contributed by atoms with Gasteiger partial charge in [-0.25, -0.2) is 4.98 Å². The number of pyridine rings is 1. The topological polar surface area (TPSA) is 33.1 Å². The van der Waals surface area contributed by atoms with E-state index in [0.29, 0.717) is 16.3 Å². The molecule has 2 rings (SSSR count). The van der Waals surface area contributed by atoms with Gasteiger partial charge in [0.15, 0.2) is 0 Å². The van der Waals surface area contributed by atoms with E-state index in [1.807, 2.05) is 0 Å². The number of nitrogens with zero attached hydrogens (tertiary/aromatic N) is 1. The van der Waals surface area contributed by atoms with Crippen molar-refractivity contribution in [3.8, 4) is 0 Å². The summed E-state index contributed by atoms with van der Waals surface area (Å²) < 4.78 is 37.8. The van der Waals surface area contributed by atoms with Crippen LogP contribution in [0.2, 0.25) is 5.15 Å². The van der Waals surface area contributed by atoms with Crippen molar-refractivity contribution in [1.82, 2.24) is 4.98 Å². The van der Waals surface area contributed by atoms with Gasteiger partial charge < -0.3 is 5.11 Å². The van der Waals surface area contributed by atoms with E-state index in [0.717, 1.165) is 12.1 Å². The molecule has 0 aliphatic carbocycles. The van der Waals surface area contributed by atoms with Crippen molar-refractivity contribution in [2.45, 2.75) is 18.7 Å². The van der Waals surface area contributed by atoms with Crippen LogP contribution in [0.1, 0.15) is 22.8 Å². The molecular formula is C14H11ClF3NO. The fourth-order valence-electron chi connectivity index (χ4n) is 1.80. The molecule has 1 atom stereocenters. The number of aliphatic hydroxyl groups excluding tert-OH is 1. The highest BCUT2D eigenvalue weighted by molar-refractivity contribution is 6.29. The lowest BCUT2D eigenvalue weighted by Crippen LogP contribution is -2.07. The van der Waals surface area contributed by atoms with Crippen molar-refractivity contribution in [2.24, 2.45) is 0 Å². The minimum atomic E-state index is -4.39. The van der Waals surface area contributed by atoms with Gasteiger partial charge >= 0.3 is 6.18 Å². The van der Waals surface area contributed by atoms with Crippen LogP contribution in [0.25, 0.3) is 0 Å². The molecule has 1 N–H and O–H groups in total. The molecule has 0 aliphatic rings. The van der Waals surface area contributed by atoms with E-state index in [-0.39, 0.29) is 6.42 Å². The first-order valence-electron chi connectivity index (χ1n) is 5.82. The standard InChI is InChI=1S/C14H11ClF3NO/c15-13-5-4-10(8-19-13)12(20)7-9-2-1-3-11(6-9)14(16,17)18/h1-6,8,12,20H,7H2. The van der Waals surface area contributed by atoms with Crippen LogP contribution in [0.4, 0.5) is 13.2 Å². The molecule has 2 nitrogen and oxygen atoms in total. The maximum atomic E-state index is 12.6. The van der Waals surface area contributed by atoms with E-state index in [1.165, 1.54) is 18.3 Å². The molecule has 1 unspecified atom stereocenters. The first-order chi connectivity index (χ1) is 9.36. The highest BCUT2D eigenvalue weighted by Crippen LogP contribution is 2.30. The van der Waals surface area contributed by atoms with Crippen molar-refractivity contribution < 1.29 is 18.3 Å². The Morgan fingerprint density at radius 1 is 1.20 bits per heavy atom. The zero-order chi connectivity index (χ0) is 14.8. The van der Waals surface area contributed by atoms with Crippen LogP contribution >= 0.6 is 11.6 Å². The minimum Gasteiger partial charge on any atom is -0.388 e. The predicted molar refractivity (Wildman–Crippen MR) is 69.4 cm³/mol. The first kappa shape index (κ1) is 14.8. The largest absolute Gasteiger partial charge is 0.416 e. The van der Waals surface area contributed by atoms with E-state index in [9.17, 15) is 18.3 Å². The van der Waals surface area contributed by atoms with Crippen molar-refractivity contribution in [3.05, 3.63) is 64.4 Å². The molecule has 1 aromatic carbocycles. The fraction of sp³-hybridized carbons (Fsp3) is 0.214. The Labute approximate surface area is 118 Å². The van der Waals surface area contributed by atoms with Gasteiger partial charge in [0.25, 0.3) is 0 Å². The Balaban J connectivity index is 2.15. The van der Waals surface area contributed by atoms with Crippen LogP contribution in [-0.4, -0.2) is 10.1 Å². The molecule has 106 valence electrons. The lowest BCUT2D eigenvalue weighted by molar-refractivity contribution is -0.137. The van der Waals surface area contributed by atoms with Crippen molar-refractivity contribution in [1.29, 1.82) is 0 Å². The Morgan fingerprint density at radius 2 is 1.95 bits per heavy atom. The zero-order valence-corrected chi connectivity index (χ0v) is 11.0. The van der Waals surface area contributed by atoms with Gasteiger partial charge in [-0.05, 0) is 23.3 Å². The van der Waals surface area contributed by atoms with Crippen LogP contribution in [0.15, 0.2) is 42.6 Å². The number of aliphatic hydroxyl groups is 1. The molecule has 1 aromatic heterocycles. The van der Waals surface area contributed by atoms with Gasteiger partial charge in [0.1, 0.15) is 5.15 Å². The summed E-state index contributed by atoms with van der Waals surface area (Å²) in [5, 5.41) is 10.3. The predicted octanol–water partition coefficient (Wildman–Crippen LogP) is 4.03. The van der Waals surface area contributed by atoms with Gasteiger partial charge in [-0.1, -0.05) is 35.9 Å². The average molecular weight is 302 g/mol. The summed E-state index contributed by atoms with van der Waals surface area (Å²) >= 11 is 5.63. The molecule has 0 bridgehead atoms. The molecule has 0 amide bonds. The second-order valence-electron chi connectivity index (χ2n) is 4.33. The highest BCUT2D eigenvalue weighted by Gasteiger charge is 2.30. The molecule has 2 aromatic rings. The average Bonchev–Trinajstić information content (AvgIpc) is 2.38. The summed E-state index contributed by atoms with van der Waals surface area (Å²) in [6.45, 7) is 0. The normalized spacial score (nSPS) is 13.2. The van der Waals surface area contributed by atoms with Gasteiger partial charge in [-0.15, -0.1) is 0 Å². The zero-order valence-electron chi connectivity index (χ0n) is 10.2. The van der Waals surface area contributed by atoms with Crippen LogP contribution in [0, 0.1) is 0 Å².